The van der Waals surface area contributed by atoms with Crippen LogP contribution in [0.1, 0.15) is 35.7 Å². The molecule has 0 aliphatic rings. The van der Waals surface area contributed by atoms with Gasteiger partial charge in [-0.2, -0.15) is 4.98 Å². The first kappa shape index (κ1) is 45.1. The number of para-hydroxylation sites is 1. The van der Waals surface area contributed by atoms with Gasteiger partial charge in [-0.3, -0.25) is 33.5 Å². The van der Waals surface area contributed by atoms with E-state index < -0.39 is 40.9 Å². The van der Waals surface area contributed by atoms with Crippen molar-refractivity contribution in [1.29, 1.82) is 0 Å². The Kier molecular flexibility index (Phi) is 16.3. The van der Waals surface area contributed by atoms with E-state index in [1.54, 1.807) is 16.7 Å². The van der Waals surface area contributed by atoms with Crippen molar-refractivity contribution in [2.75, 3.05) is 64.2 Å². The third-order valence-corrected chi connectivity index (χ3v) is 10.4. The number of amides is 3. The number of benzene rings is 3. The van der Waals surface area contributed by atoms with E-state index in [1.165, 1.54) is 19.1 Å². The number of halogens is 1. The molecule has 326 valence electrons. The number of hydrogen-bond donors (Lipinski definition) is 6. The molecule has 0 spiro atoms. The van der Waals surface area contributed by atoms with Crippen molar-refractivity contribution in [1.82, 2.24) is 40.5 Å². The van der Waals surface area contributed by atoms with Crippen molar-refractivity contribution in [2.24, 2.45) is 0 Å². The fraction of sp³-hybridized carbons (Fsp3) is 0.326. The highest BCUT2D eigenvalue weighted by atomic mass is 32.2. The number of ketones is 1. The minimum atomic E-state index is -0.919. The summed E-state index contributed by atoms with van der Waals surface area (Å²) in [7, 11) is 0. The van der Waals surface area contributed by atoms with E-state index in [4.69, 9.17) is 19.9 Å². The van der Waals surface area contributed by atoms with Crippen LogP contribution < -0.4 is 27.2 Å². The summed E-state index contributed by atoms with van der Waals surface area (Å²) in [5, 5.41) is 9.23. The summed E-state index contributed by atoms with van der Waals surface area (Å²) in [5.41, 5.74) is 8.81. The van der Waals surface area contributed by atoms with Crippen molar-refractivity contribution >= 4 is 63.3 Å². The number of hydrogen-bond acceptors (Lipinski definition) is 12. The van der Waals surface area contributed by atoms with Gasteiger partial charge in [0.05, 0.1) is 44.2 Å². The number of nitrogens with zero attached hydrogens (tertiary/aromatic N) is 3. The van der Waals surface area contributed by atoms with Crippen molar-refractivity contribution < 1.29 is 37.8 Å². The third-order valence-electron chi connectivity index (χ3n) is 9.38. The predicted molar refractivity (Wildman–Crippen MR) is 232 cm³/mol. The molecule has 0 unspecified atom stereocenters. The van der Waals surface area contributed by atoms with E-state index in [0.29, 0.717) is 80.8 Å². The van der Waals surface area contributed by atoms with Crippen molar-refractivity contribution in [2.45, 2.75) is 37.5 Å². The lowest BCUT2D eigenvalue weighted by Crippen LogP contribution is -2.48. The summed E-state index contributed by atoms with van der Waals surface area (Å²) in [6.45, 7) is 4.18. The van der Waals surface area contributed by atoms with Crippen LogP contribution >= 0.6 is 11.8 Å². The van der Waals surface area contributed by atoms with Gasteiger partial charge in [0.25, 0.3) is 17.2 Å². The van der Waals surface area contributed by atoms with Crippen LogP contribution in [0.4, 0.5) is 10.3 Å². The zero-order chi connectivity index (χ0) is 43.8. The maximum absolute atomic E-state index is 13.6. The number of ether oxygens (including phenoxy) is 3. The number of carbonyl (C=O) groups is 4. The van der Waals surface area contributed by atoms with E-state index >= 15 is 0 Å². The summed E-state index contributed by atoms with van der Waals surface area (Å²) in [5.74, 6) is -2.50. The molecule has 19 heteroatoms. The minimum absolute atomic E-state index is 0.0504. The van der Waals surface area contributed by atoms with Gasteiger partial charge in [0.2, 0.25) is 17.8 Å². The molecule has 7 N–H and O–H groups in total. The molecule has 0 saturated carbocycles. The number of nitrogens with two attached hydrogens (primary N) is 1. The van der Waals surface area contributed by atoms with Gasteiger partial charge in [0.1, 0.15) is 11.9 Å². The number of rotatable bonds is 24. The highest BCUT2D eigenvalue weighted by Gasteiger charge is 2.25. The molecule has 62 heavy (non-hydrogen) atoms. The normalized spacial score (nSPS) is 11.8. The molecular formula is C43H48FN9O8S. The number of carbonyl (C=O) groups excluding carboxylic acids is 4. The van der Waals surface area contributed by atoms with Crippen LogP contribution in [0.2, 0.25) is 0 Å². The molecule has 0 bridgehead atoms. The molecule has 0 aliphatic carbocycles. The maximum atomic E-state index is 13.6. The quantitative estimate of drug-likeness (QED) is 0.0222. The van der Waals surface area contributed by atoms with Gasteiger partial charge < -0.3 is 40.9 Å². The Morgan fingerprint density at radius 1 is 0.823 bits per heavy atom. The maximum Gasteiger partial charge on any atom is 0.292 e. The van der Waals surface area contributed by atoms with Gasteiger partial charge in [-0.25, -0.2) is 9.37 Å². The molecule has 0 fully saturated rings. The van der Waals surface area contributed by atoms with Crippen molar-refractivity contribution in [3.63, 3.8) is 0 Å². The number of nitrogens with one attached hydrogen (secondary N) is 5. The van der Waals surface area contributed by atoms with Crippen molar-refractivity contribution in [3.8, 4) is 11.3 Å². The van der Waals surface area contributed by atoms with Gasteiger partial charge in [0.15, 0.2) is 16.3 Å². The summed E-state index contributed by atoms with van der Waals surface area (Å²) < 4.78 is 32.0. The van der Waals surface area contributed by atoms with E-state index in [1.807, 2.05) is 54.6 Å². The summed E-state index contributed by atoms with van der Waals surface area (Å²) in [4.78, 5) is 78.2. The first-order valence-corrected chi connectivity index (χ1v) is 21.0. The first-order valence-electron chi connectivity index (χ1n) is 20.0. The molecule has 3 amide bonds. The Labute approximate surface area is 359 Å². The fourth-order valence-corrected chi connectivity index (χ4v) is 7.45. The monoisotopic (exact) mass is 869 g/mol. The highest BCUT2D eigenvalue weighted by Crippen LogP contribution is 2.31. The van der Waals surface area contributed by atoms with Crippen LogP contribution in [0.5, 0.6) is 0 Å². The molecule has 0 radical (unpaired) electrons. The summed E-state index contributed by atoms with van der Waals surface area (Å²) in [6, 6.07) is 21.7. The second-order valence-electron chi connectivity index (χ2n) is 14.0. The van der Waals surface area contributed by atoms with Gasteiger partial charge in [-0.15, -0.1) is 0 Å². The number of aromatic amines is 2. The Hall–Kier alpha value is -6.41. The lowest BCUT2D eigenvalue weighted by Gasteiger charge is -2.17. The number of imidazole rings is 1. The standard InChI is InChI=1S/C43H48FN9O8S/c1-27(54)48-33(26-62-43-50-36-38(51-42(45)52-40(36)57)53(43)25-28-13-15-30(44)16-14-28)39(56)46-17-7-19-59-21-23-61-24-22-60-20-8-18-47-41(58)37(55)34-31-11-5-6-12-32(31)49-35(34)29-9-3-2-4-10-29/h2-6,9-16,33,49H,7-8,17-26H2,1H3,(H,46,56)(H,47,58)(H,48,54)(H3,45,51,52,57)/t33-/m0/s1. The van der Waals surface area contributed by atoms with Crippen LogP contribution in [-0.4, -0.2) is 113 Å². The molecule has 6 rings (SSSR count). The minimum Gasteiger partial charge on any atom is -0.379 e. The van der Waals surface area contributed by atoms with Gasteiger partial charge in [0, 0.05) is 49.9 Å². The number of fused-ring (bicyclic) bond motifs is 2. The number of nitrogen functional groups attached to an aromatic ring is 1. The van der Waals surface area contributed by atoms with Gasteiger partial charge in [-0.05, 0) is 42.2 Å². The Bertz CT molecular complexity index is 2530. The SMILES string of the molecule is CC(=O)N[C@@H](CSc1nc2c(=O)[nH]c(N)nc2n1Cc1ccc(F)cc1)C(=O)NCCCOCCOCCOCCCNC(=O)C(=O)c1c(-c2ccccc2)[nH]c2ccccc12. The van der Waals surface area contributed by atoms with Crippen LogP contribution in [0, 0.1) is 5.82 Å². The Morgan fingerprint density at radius 2 is 1.47 bits per heavy atom. The average Bonchev–Trinajstić information content (AvgIpc) is 3.82. The Morgan fingerprint density at radius 3 is 2.16 bits per heavy atom. The van der Waals surface area contributed by atoms with Crippen molar-refractivity contribution in [3.05, 3.63) is 106 Å². The number of H-pyrrole nitrogens is 2. The molecule has 1 atom stereocenters. The van der Waals surface area contributed by atoms with E-state index in [-0.39, 0.29) is 36.0 Å². The molecule has 0 aliphatic heterocycles. The summed E-state index contributed by atoms with van der Waals surface area (Å²) >= 11 is 1.15. The average molecular weight is 870 g/mol. The second kappa shape index (κ2) is 22.4. The number of thioether (sulfide) groups is 1. The predicted octanol–water partition coefficient (Wildman–Crippen LogP) is 3.58. The van der Waals surface area contributed by atoms with Gasteiger partial charge in [-0.1, -0.05) is 72.4 Å². The Balaban J connectivity index is 0.832. The molecule has 3 aromatic heterocycles. The van der Waals surface area contributed by atoms with Crippen LogP contribution in [0.25, 0.3) is 33.3 Å². The molecule has 17 nitrogen and oxygen atoms in total. The third kappa shape index (κ3) is 12.3. The molecule has 6 aromatic rings. The first-order chi connectivity index (χ1) is 30.1. The highest BCUT2D eigenvalue weighted by molar-refractivity contribution is 7.99. The smallest absolute Gasteiger partial charge is 0.292 e. The number of anilines is 1. The molecule has 3 heterocycles. The fourth-order valence-electron chi connectivity index (χ4n) is 6.44. The van der Waals surface area contributed by atoms with Crippen LogP contribution in [0.3, 0.4) is 0 Å². The topological polar surface area (TPSA) is 237 Å². The zero-order valence-corrected chi connectivity index (χ0v) is 34.9. The zero-order valence-electron chi connectivity index (χ0n) is 34.0. The molecular weight excluding hydrogens is 822 g/mol. The second-order valence-corrected chi connectivity index (χ2v) is 15.0. The number of aromatic nitrogens is 5. The lowest BCUT2D eigenvalue weighted by molar-refractivity contribution is -0.127. The van der Waals surface area contributed by atoms with E-state index in [2.05, 4.69) is 35.9 Å². The van der Waals surface area contributed by atoms with E-state index in [0.717, 1.165) is 28.4 Å². The largest absolute Gasteiger partial charge is 0.379 e. The molecule has 3 aromatic carbocycles. The van der Waals surface area contributed by atoms with E-state index in [9.17, 15) is 28.4 Å². The number of Topliss-reactive ketones (excluding diaryl/α,β-unsaturated/α-hetero) is 1. The van der Waals surface area contributed by atoms with Gasteiger partial charge >= 0.3 is 0 Å². The van der Waals surface area contributed by atoms with Crippen LogP contribution in [0.15, 0.2) is 88.8 Å². The summed E-state index contributed by atoms with van der Waals surface area (Å²) in [6.07, 6.45) is 1.02. The van der Waals surface area contributed by atoms with Crippen LogP contribution in [-0.2, 0) is 35.1 Å². The lowest BCUT2D eigenvalue weighted by atomic mass is 10.0. The molecule has 0 saturated heterocycles.